The fraction of sp³-hybridized carbons (Fsp3) is 0.837. The van der Waals surface area contributed by atoms with E-state index in [2.05, 4.69) is 6.92 Å². The van der Waals surface area contributed by atoms with Gasteiger partial charge in [-0.25, -0.2) is 4.79 Å². The van der Waals surface area contributed by atoms with Crippen LogP contribution in [0.15, 0.2) is 23.3 Å². The third kappa shape index (κ3) is 10.0. The molecule has 1 aliphatic carbocycles. The number of amides is 1. The minimum absolute atomic E-state index is 0.00402. The number of ketones is 1. The number of hydrogen-bond donors (Lipinski definition) is 4. The molecule has 0 aromatic heterocycles. The van der Waals surface area contributed by atoms with Crippen molar-refractivity contribution < 1.29 is 63.2 Å². The highest BCUT2D eigenvalue weighted by molar-refractivity contribution is 6.39. The lowest BCUT2D eigenvalue weighted by molar-refractivity contribution is -0.302. The summed E-state index contributed by atoms with van der Waals surface area (Å²) in [5.74, 6) is -9.10. The highest BCUT2D eigenvalue weighted by Crippen LogP contribution is 2.41. The number of rotatable bonds is 6. The Morgan fingerprint density at radius 3 is 2.28 bits per heavy atom. The number of aliphatic hydroxyl groups is 4. The molecule has 4 bridgehead atoms. The van der Waals surface area contributed by atoms with Crippen LogP contribution in [-0.2, 0) is 42.8 Å². The number of methoxy groups -OCH3 is 3. The van der Waals surface area contributed by atoms with Crippen molar-refractivity contribution in [3.05, 3.63) is 23.3 Å². The van der Waals surface area contributed by atoms with Crippen LogP contribution in [0.5, 0.6) is 0 Å². The largest absolute Gasteiger partial charge is 0.456 e. The second-order valence-electron chi connectivity index (χ2n) is 17.6. The Kier molecular flexibility index (Phi) is 15.6. The molecule has 0 aromatic rings. The Morgan fingerprint density at radius 1 is 0.930 bits per heavy atom. The molecule has 5 heterocycles. The molecule has 0 aromatic carbocycles. The first-order chi connectivity index (χ1) is 27.0. The van der Waals surface area contributed by atoms with Crippen molar-refractivity contribution in [1.82, 2.24) is 4.90 Å². The molecule has 5 aliphatic heterocycles. The maximum atomic E-state index is 14.4. The van der Waals surface area contributed by atoms with Crippen LogP contribution >= 0.6 is 0 Å². The van der Waals surface area contributed by atoms with Gasteiger partial charge >= 0.3 is 5.97 Å². The van der Waals surface area contributed by atoms with E-state index in [1.165, 1.54) is 19.1 Å². The smallest absolute Gasteiger partial charge is 0.329 e. The quantitative estimate of drug-likeness (QED) is 0.173. The summed E-state index contributed by atoms with van der Waals surface area (Å²) in [5, 5.41) is 46.4. The Balaban J connectivity index is 1.55. The average molecular weight is 808 g/mol. The van der Waals surface area contributed by atoms with E-state index < -0.39 is 89.7 Å². The summed E-state index contributed by atoms with van der Waals surface area (Å²) in [4.78, 5) is 44.0. The lowest BCUT2D eigenvalue weighted by atomic mass is 9.80. The second-order valence-corrected chi connectivity index (χ2v) is 17.6. The molecule has 4 fully saturated rings. The average Bonchev–Trinajstić information content (AvgIpc) is 3.19. The Labute approximate surface area is 338 Å². The topological polar surface area (TPSA) is 191 Å². The van der Waals surface area contributed by atoms with Gasteiger partial charge in [0.15, 0.2) is 5.79 Å². The third-order valence-corrected chi connectivity index (χ3v) is 13.5. The Hall–Kier alpha value is -2.27. The zero-order chi connectivity index (χ0) is 41.8. The van der Waals surface area contributed by atoms with Gasteiger partial charge in [0.1, 0.15) is 18.2 Å². The van der Waals surface area contributed by atoms with Crippen LogP contribution < -0.4 is 0 Å². The van der Waals surface area contributed by atoms with Crippen molar-refractivity contribution in [3.8, 4) is 0 Å². The molecule has 14 nitrogen and oxygen atoms in total. The van der Waals surface area contributed by atoms with Gasteiger partial charge in [0.25, 0.3) is 11.7 Å². The van der Waals surface area contributed by atoms with Crippen LogP contribution in [-0.4, -0.2) is 138 Å². The molecule has 4 N–H and O–H groups in total. The second kappa shape index (κ2) is 19.4. The highest BCUT2D eigenvalue weighted by Gasteiger charge is 2.57. The molecule has 15 atom stereocenters. The highest BCUT2D eigenvalue weighted by atomic mass is 16.7. The van der Waals surface area contributed by atoms with Crippen molar-refractivity contribution >= 4 is 17.7 Å². The zero-order valence-electron chi connectivity index (χ0n) is 35.3. The van der Waals surface area contributed by atoms with E-state index in [1.807, 2.05) is 26.0 Å². The summed E-state index contributed by atoms with van der Waals surface area (Å²) in [6.07, 6.45) is 3.70. The van der Waals surface area contributed by atoms with Gasteiger partial charge in [0, 0.05) is 52.0 Å². The summed E-state index contributed by atoms with van der Waals surface area (Å²) in [6, 6.07) is -1.14. The van der Waals surface area contributed by atoms with E-state index in [4.69, 9.17) is 28.4 Å². The van der Waals surface area contributed by atoms with Crippen LogP contribution in [0.3, 0.4) is 0 Å². The van der Waals surface area contributed by atoms with E-state index in [0.29, 0.717) is 56.9 Å². The first kappa shape index (κ1) is 45.8. The molecule has 6 aliphatic rings. The number of piperidine rings is 1. The number of hydrogen-bond acceptors (Lipinski definition) is 13. The summed E-state index contributed by atoms with van der Waals surface area (Å²) in [7, 11) is 4.63. The molecular formula is C43H69NO13. The molecule has 6 rings (SSSR count). The number of carbonyl (C=O) groups is 3. The molecule has 324 valence electrons. The molecule has 14 heteroatoms. The van der Waals surface area contributed by atoms with Gasteiger partial charge < -0.3 is 53.7 Å². The zero-order valence-corrected chi connectivity index (χ0v) is 35.3. The van der Waals surface area contributed by atoms with Crippen molar-refractivity contribution in [2.24, 2.45) is 29.6 Å². The first-order valence-electron chi connectivity index (χ1n) is 21.1. The van der Waals surface area contributed by atoms with Gasteiger partial charge in [-0.2, -0.15) is 0 Å². The molecule has 0 spiro atoms. The third-order valence-electron chi connectivity index (χ3n) is 13.5. The molecule has 1 saturated carbocycles. The Bertz CT molecular complexity index is 1470. The van der Waals surface area contributed by atoms with Crippen LogP contribution in [0.4, 0.5) is 0 Å². The van der Waals surface area contributed by atoms with E-state index >= 15 is 0 Å². The molecule has 0 radical (unpaired) electrons. The van der Waals surface area contributed by atoms with Crippen LogP contribution in [0.25, 0.3) is 0 Å². The molecule has 1 unspecified atom stereocenters. The number of allylic oxidation sites excluding steroid dienone is 1. The van der Waals surface area contributed by atoms with E-state index in [-0.39, 0.29) is 50.4 Å². The number of ether oxygens (including phenoxy) is 6. The van der Waals surface area contributed by atoms with E-state index in [0.717, 1.165) is 5.57 Å². The molecule has 3 saturated heterocycles. The normalized spacial score (nSPS) is 43.5. The van der Waals surface area contributed by atoms with Gasteiger partial charge in [0.2, 0.25) is 5.79 Å². The van der Waals surface area contributed by atoms with Crippen molar-refractivity contribution in [2.45, 2.75) is 166 Å². The lowest BCUT2D eigenvalue weighted by Crippen LogP contribution is -2.64. The summed E-state index contributed by atoms with van der Waals surface area (Å²) >= 11 is 0. The van der Waals surface area contributed by atoms with Crippen molar-refractivity contribution in [1.29, 1.82) is 0 Å². The van der Waals surface area contributed by atoms with Gasteiger partial charge in [-0.05, 0) is 94.1 Å². The van der Waals surface area contributed by atoms with Gasteiger partial charge in [-0.1, -0.05) is 39.8 Å². The predicted molar refractivity (Wildman–Crippen MR) is 208 cm³/mol. The number of nitrogens with zero attached hydrogens (tertiary/aromatic N) is 1. The SMILES string of the molecule is CC[C@@H]1C=C2COC1(O)C[C@H](O)[C@@H](C)[C@@H](/C(C)=C/[C@@H]1CC[C@@H](O)[C@H](OC)C1)OC(=O)[C@@H]1CCCCN1C(=O)C(=O)[C@]1(O)O[C@H]([C@@H](OC)C[C@@H](C)C2)[C@@H](OC)C[C@H]1C. The van der Waals surface area contributed by atoms with Crippen LogP contribution in [0, 0.1) is 29.6 Å². The lowest BCUT2D eigenvalue weighted by Gasteiger charge is -2.47. The summed E-state index contributed by atoms with van der Waals surface area (Å²) in [6.45, 7) is 9.47. The minimum atomic E-state index is -2.51. The van der Waals surface area contributed by atoms with Gasteiger partial charge in [-0.15, -0.1) is 0 Å². The van der Waals surface area contributed by atoms with Gasteiger partial charge in [0.05, 0.1) is 37.1 Å². The van der Waals surface area contributed by atoms with Crippen molar-refractivity contribution in [2.75, 3.05) is 34.5 Å². The maximum absolute atomic E-state index is 14.4. The van der Waals surface area contributed by atoms with Crippen LogP contribution in [0.1, 0.15) is 105 Å². The predicted octanol–water partition coefficient (Wildman–Crippen LogP) is 3.60. The standard InChI is InChI=1S/C43H69NO13/c1-9-30-20-29-16-24(2)17-35(53-7)38-36(54-8)19-26(4)43(51,57-38)39(47)40(48)44-15-11-10-12-31(44)41(49)56-37(27(5)33(46)22-42(30,50)55-23-29)25(3)18-28-13-14-32(45)34(21-28)52-6/h18,20,24,26-28,30-38,45-46,50-51H,9-17,19,21-23H2,1-8H3/b25-18+/t24-,26+,27+,28-,30+,31-,32+,33-,34+,35-,36-,37+,38+,42?,43+/m0/s1. The summed E-state index contributed by atoms with van der Waals surface area (Å²) in [5.41, 5.74) is 1.65. The fourth-order valence-electron chi connectivity index (χ4n) is 9.94. The number of carbonyl (C=O) groups excluding carboxylic acids is 3. The first-order valence-corrected chi connectivity index (χ1v) is 21.1. The van der Waals surface area contributed by atoms with E-state index in [9.17, 15) is 34.8 Å². The van der Waals surface area contributed by atoms with Crippen LogP contribution in [0.2, 0.25) is 0 Å². The van der Waals surface area contributed by atoms with Gasteiger partial charge in [-0.3, -0.25) is 9.59 Å². The molecule has 1 amide bonds. The number of aliphatic hydroxyl groups excluding tert-OH is 2. The Morgan fingerprint density at radius 2 is 1.61 bits per heavy atom. The minimum Gasteiger partial charge on any atom is -0.456 e. The molecule has 57 heavy (non-hydrogen) atoms. The summed E-state index contributed by atoms with van der Waals surface area (Å²) < 4.78 is 36.1. The van der Waals surface area contributed by atoms with E-state index in [1.54, 1.807) is 21.0 Å². The number of esters is 1. The number of fused-ring (bicyclic) bond motifs is 11. The number of Topliss-reactive ketones (excluding diaryl/α,β-unsaturated/α-hetero) is 1. The van der Waals surface area contributed by atoms with Crippen molar-refractivity contribution in [3.63, 3.8) is 0 Å². The monoisotopic (exact) mass is 807 g/mol. The maximum Gasteiger partial charge on any atom is 0.329 e. The molecular weight excluding hydrogens is 738 g/mol. The fourth-order valence-corrected chi connectivity index (χ4v) is 9.94.